The van der Waals surface area contributed by atoms with Gasteiger partial charge in [-0.15, -0.1) is 0 Å². The van der Waals surface area contributed by atoms with Crippen molar-refractivity contribution in [1.82, 2.24) is 9.88 Å². The van der Waals surface area contributed by atoms with E-state index in [0.29, 0.717) is 6.54 Å². The SMILES string of the molecule is COC(=O)C(CN)N(C)CCc1ccccn1. The fourth-order valence-electron chi connectivity index (χ4n) is 1.58. The molecular weight excluding hydrogens is 218 g/mol. The highest BCUT2D eigenvalue weighted by Gasteiger charge is 2.21. The van der Waals surface area contributed by atoms with E-state index in [2.05, 4.69) is 4.98 Å². The average molecular weight is 237 g/mol. The first-order chi connectivity index (χ1) is 8.19. The van der Waals surface area contributed by atoms with Crippen molar-refractivity contribution in [2.45, 2.75) is 12.5 Å². The van der Waals surface area contributed by atoms with Crippen LogP contribution in [0, 0.1) is 0 Å². The van der Waals surface area contributed by atoms with Crippen molar-refractivity contribution >= 4 is 5.97 Å². The van der Waals surface area contributed by atoms with Gasteiger partial charge < -0.3 is 10.5 Å². The van der Waals surface area contributed by atoms with Crippen LogP contribution in [0.1, 0.15) is 5.69 Å². The standard InChI is InChI=1S/C12H19N3O2/c1-15(11(9-13)12(16)17-2)8-6-10-5-3-4-7-14-10/h3-5,7,11H,6,8-9,13H2,1-2H3. The molecule has 1 aromatic heterocycles. The molecular formula is C12H19N3O2. The zero-order valence-electron chi connectivity index (χ0n) is 10.3. The highest BCUT2D eigenvalue weighted by Crippen LogP contribution is 2.01. The molecule has 94 valence electrons. The van der Waals surface area contributed by atoms with Gasteiger partial charge in [0, 0.05) is 31.4 Å². The Hall–Kier alpha value is -1.46. The van der Waals surface area contributed by atoms with Gasteiger partial charge in [0.25, 0.3) is 0 Å². The lowest BCUT2D eigenvalue weighted by molar-refractivity contribution is -0.146. The third-order valence-electron chi connectivity index (χ3n) is 2.68. The Bertz CT molecular complexity index is 343. The summed E-state index contributed by atoms with van der Waals surface area (Å²) in [6.45, 7) is 0.972. The van der Waals surface area contributed by atoms with E-state index in [1.54, 1.807) is 6.20 Å². The Kier molecular flexibility index (Phi) is 5.59. The molecule has 1 heterocycles. The van der Waals surface area contributed by atoms with E-state index in [1.807, 2.05) is 30.1 Å². The van der Waals surface area contributed by atoms with E-state index < -0.39 is 0 Å². The lowest BCUT2D eigenvalue weighted by atomic mass is 10.2. The topological polar surface area (TPSA) is 68.5 Å². The Morgan fingerprint density at radius 3 is 2.88 bits per heavy atom. The summed E-state index contributed by atoms with van der Waals surface area (Å²) in [6.07, 6.45) is 2.54. The molecule has 0 saturated heterocycles. The van der Waals surface area contributed by atoms with Crippen LogP contribution in [-0.2, 0) is 16.0 Å². The fourth-order valence-corrected chi connectivity index (χ4v) is 1.58. The van der Waals surface area contributed by atoms with E-state index >= 15 is 0 Å². The number of likely N-dealkylation sites (N-methyl/N-ethyl adjacent to an activating group) is 1. The minimum absolute atomic E-state index is 0.255. The van der Waals surface area contributed by atoms with E-state index in [1.165, 1.54) is 7.11 Å². The van der Waals surface area contributed by atoms with E-state index in [-0.39, 0.29) is 18.6 Å². The summed E-state index contributed by atoms with van der Waals surface area (Å²) in [5.74, 6) is -0.295. The molecule has 5 heteroatoms. The van der Waals surface area contributed by atoms with Crippen LogP contribution in [0.25, 0.3) is 0 Å². The van der Waals surface area contributed by atoms with E-state index in [4.69, 9.17) is 10.5 Å². The number of hydrogen-bond acceptors (Lipinski definition) is 5. The minimum Gasteiger partial charge on any atom is -0.468 e. The van der Waals surface area contributed by atoms with Crippen LogP contribution in [0.5, 0.6) is 0 Å². The maximum absolute atomic E-state index is 11.4. The maximum Gasteiger partial charge on any atom is 0.324 e. The van der Waals surface area contributed by atoms with Crippen molar-refractivity contribution in [3.8, 4) is 0 Å². The molecule has 1 atom stereocenters. The monoisotopic (exact) mass is 237 g/mol. The highest BCUT2D eigenvalue weighted by atomic mass is 16.5. The van der Waals surface area contributed by atoms with Crippen LogP contribution < -0.4 is 5.73 Å². The predicted octanol–water partition coefficient (Wildman–Crippen LogP) is 0.0562. The second-order valence-corrected chi connectivity index (χ2v) is 3.83. The Morgan fingerprint density at radius 2 is 2.35 bits per heavy atom. The zero-order valence-corrected chi connectivity index (χ0v) is 10.3. The summed E-state index contributed by atoms with van der Waals surface area (Å²) in [5, 5.41) is 0. The first kappa shape index (κ1) is 13.6. The quantitative estimate of drug-likeness (QED) is 0.708. The number of carbonyl (C=O) groups is 1. The summed E-state index contributed by atoms with van der Waals surface area (Å²) >= 11 is 0. The van der Waals surface area contributed by atoms with Gasteiger partial charge in [0.1, 0.15) is 6.04 Å². The predicted molar refractivity (Wildman–Crippen MR) is 65.4 cm³/mol. The van der Waals surface area contributed by atoms with Gasteiger partial charge in [0.15, 0.2) is 0 Å². The number of pyridine rings is 1. The third-order valence-corrected chi connectivity index (χ3v) is 2.68. The molecule has 1 rings (SSSR count). The lowest BCUT2D eigenvalue weighted by Crippen LogP contribution is -2.45. The van der Waals surface area contributed by atoms with Gasteiger partial charge >= 0.3 is 5.97 Å². The van der Waals surface area contributed by atoms with Gasteiger partial charge in [-0.3, -0.25) is 14.7 Å². The smallest absolute Gasteiger partial charge is 0.324 e. The fraction of sp³-hybridized carbons (Fsp3) is 0.500. The second kappa shape index (κ2) is 6.98. The molecule has 0 aliphatic rings. The molecule has 0 fully saturated rings. The molecule has 0 amide bonds. The average Bonchev–Trinajstić information content (AvgIpc) is 2.38. The molecule has 5 nitrogen and oxygen atoms in total. The summed E-state index contributed by atoms with van der Waals surface area (Å²) < 4.78 is 4.70. The Morgan fingerprint density at radius 1 is 1.59 bits per heavy atom. The van der Waals surface area contributed by atoms with Crippen molar-refractivity contribution < 1.29 is 9.53 Å². The van der Waals surface area contributed by atoms with Crippen molar-refractivity contribution in [1.29, 1.82) is 0 Å². The largest absolute Gasteiger partial charge is 0.468 e. The zero-order chi connectivity index (χ0) is 12.7. The number of ether oxygens (including phenoxy) is 1. The first-order valence-corrected chi connectivity index (χ1v) is 5.57. The van der Waals surface area contributed by atoms with Crippen LogP contribution in [0.4, 0.5) is 0 Å². The molecule has 0 spiro atoms. The third kappa shape index (κ3) is 4.13. The molecule has 0 saturated carbocycles. The summed E-state index contributed by atoms with van der Waals surface area (Å²) in [4.78, 5) is 17.6. The van der Waals surface area contributed by atoms with E-state index in [0.717, 1.165) is 12.1 Å². The van der Waals surface area contributed by atoms with Crippen molar-refractivity contribution in [2.75, 3.05) is 27.2 Å². The number of rotatable bonds is 6. The number of nitrogens with zero attached hydrogens (tertiary/aromatic N) is 2. The van der Waals surface area contributed by atoms with Crippen LogP contribution in [0.15, 0.2) is 24.4 Å². The normalized spacial score (nSPS) is 12.5. The molecule has 0 aliphatic carbocycles. The van der Waals surface area contributed by atoms with Crippen LogP contribution in [-0.4, -0.2) is 49.1 Å². The molecule has 0 bridgehead atoms. The summed E-state index contributed by atoms with van der Waals surface area (Å²) in [5.41, 5.74) is 6.56. The van der Waals surface area contributed by atoms with Gasteiger partial charge in [-0.1, -0.05) is 6.07 Å². The van der Waals surface area contributed by atoms with Crippen molar-refractivity contribution in [2.24, 2.45) is 5.73 Å². The number of nitrogens with two attached hydrogens (primary N) is 1. The van der Waals surface area contributed by atoms with Gasteiger partial charge in [-0.2, -0.15) is 0 Å². The van der Waals surface area contributed by atoms with E-state index in [9.17, 15) is 4.79 Å². The number of carbonyl (C=O) groups excluding carboxylic acids is 1. The maximum atomic E-state index is 11.4. The van der Waals surface area contributed by atoms with Gasteiger partial charge in [-0.05, 0) is 19.2 Å². The van der Waals surface area contributed by atoms with Crippen LogP contribution >= 0.6 is 0 Å². The van der Waals surface area contributed by atoms with Crippen LogP contribution in [0.3, 0.4) is 0 Å². The molecule has 2 N–H and O–H groups in total. The number of esters is 1. The molecule has 1 aromatic rings. The molecule has 17 heavy (non-hydrogen) atoms. The summed E-state index contributed by atoms with van der Waals surface area (Å²) in [6, 6.07) is 5.40. The Labute approximate surface area is 102 Å². The first-order valence-electron chi connectivity index (χ1n) is 5.57. The number of hydrogen-bond donors (Lipinski definition) is 1. The number of methoxy groups -OCH3 is 1. The van der Waals surface area contributed by atoms with Gasteiger partial charge in [0.05, 0.1) is 7.11 Å². The van der Waals surface area contributed by atoms with Crippen molar-refractivity contribution in [3.05, 3.63) is 30.1 Å². The number of aromatic nitrogens is 1. The minimum atomic E-state index is -0.385. The highest BCUT2D eigenvalue weighted by molar-refractivity contribution is 5.75. The molecule has 1 unspecified atom stereocenters. The van der Waals surface area contributed by atoms with Gasteiger partial charge in [-0.25, -0.2) is 0 Å². The van der Waals surface area contributed by atoms with Crippen molar-refractivity contribution in [3.63, 3.8) is 0 Å². The second-order valence-electron chi connectivity index (χ2n) is 3.83. The molecule has 0 aliphatic heterocycles. The van der Waals surface area contributed by atoms with Crippen LogP contribution in [0.2, 0.25) is 0 Å². The van der Waals surface area contributed by atoms with Gasteiger partial charge in [0.2, 0.25) is 0 Å². The molecule has 0 radical (unpaired) electrons. The lowest BCUT2D eigenvalue weighted by Gasteiger charge is -2.24. The molecule has 0 aromatic carbocycles. The summed E-state index contributed by atoms with van der Waals surface area (Å²) in [7, 11) is 3.23. The Balaban J connectivity index is 2.48.